The van der Waals surface area contributed by atoms with Gasteiger partial charge in [-0.05, 0) is 87.5 Å². The van der Waals surface area contributed by atoms with Crippen molar-refractivity contribution in [1.29, 1.82) is 0 Å². The summed E-state index contributed by atoms with van der Waals surface area (Å²) in [4.78, 5) is 3.29. The Balaban J connectivity index is 1.57. The molecule has 0 amide bonds. The van der Waals surface area contributed by atoms with Gasteiger partial charge in [0, 0.05) is 33.3 Å². The van der Waals surface area contributed by atoms with Gasteiger partial charge in [0.1, 0.15) is 5.75 Å². The van der Waals surface area contributed by atoms with Crippen molar-refractivity contribution in [3.8, 4) is 11.8 Å². The molecule has 0 spiro atoms. The number of benzene rings is 2. The van der Waals surface area contributed by atoms with Crippen molar-refractivity contribution >= 4 is 52.8 Å². The van der Waals surface area contributed by atoms with Crippen LogP contribution < -0.4 is 9.46 Å². The number of aromatic nitrogens is 4. The number of hydrogen-bond donors (Lipinski definition) is 2. The highest BCUT2D eigenvalue weighted by atomic mass is 79.9. The zero-order valence-electron chi connectivity index (χ0n) is 16.6. The Hall–Kier alpha value is -2.21. The lowest BCUT2D eigenvalue weighted by Gasteiger charge is -2.15. The Labute approximate surface area is 196 Å². The molecular weight excluding hydrogens is 550 g/mol. The zero-order chi connectivity index (χ0) is 22.2. The highest BCUT2D eigenvalue weighted by molar-refractivity contribution is 9.13. The first kappa shape index (κ1) is 22.0. The van der Waals surface area contributed by atoms with E-state index in [-0.39, 0.29) is 4.90 Å². The molecular formula is C20H19Br2N5O3S. The van der Waals surface area contributed by atoms with Crippen LogP contribution in [0, 0.1) is 0 Å². The molecule has 0 aliphatic carbocycles. The van der Waals surface area contributed by atoms with Crippen molar-refractivity contribution < 1.29 is 13.2 Å². The highest BCUT2D eigenvalue weighted by Crippen LogP contribution is 2.28. The smallest absolute Gasteiger partial charge is 0.322 e. The summed E-state index contributed by atoms with van der Waals surface area (Å²) in [5.74, 6) is 1.06. The third-order valence-electron chi connectivity index (χ3n) is 4.72. The monoisotopic (exact) mass is 567 g/mol. The number of rotatable bonds is 7. The lowest BCUT2D eigenvalue weighted by atomic mass is 10.2. The molecule has 11 heteroatoms. The fraction of sp³-hybridized carbons (Fsp3) is 0.200. The van der Waals surface area contributed by atoms with Gasteiger partial charge in [-0.15, -0.1) is 5.10 Å². The summed E-state index contributed by atoms with van der Waals surface area (Å²) in [5.41, 5.74) is 0.946. The van der Waals surface area contributed by atoms with Gasteiger partial charge in [-0.1, -0.05) is 5.10 Å². The number of sulfonamides is 1. The molecule has 8 nitrogen and oxygen atoms in total. The van der Waals surface area contributed by atoms with E-state index in [4.69, 9.17) is 4.74 Å². The number of fused-ring (bicyclic) bond motifs is 1. The molecule has 0 saturated heterocycles. The van der Waals surface area contributed by atoms with E-state index in [2.05, 4.69) is 51.8 Å². The van der Waals surface area contributed by atoms with Crippen LogP contribution in [0.4, 0.5) is 0 Å². The molecule has 2 aromatic heterocycles. The normalized spacial score (nSPS) is 12.9. The van der Waals surface area contributed by atoms with Gasteiger partial charge < -0.3 is 9.72 Å². The molecule has 0 aliphatic heterocycles. The SMILES string of the molecule is CCn1c(Oc2ccc3cc[nH]c3c2)nnc1[C@@H](C)NS(=O)(=O)c1ccc(Br)c(Br)c1. The van der Waals surface area contributed by atoms with Crippen molar-refractivity contribution in [2.24, 2.45) is 0 Å². The quantitative estimate of drug-likeness (QED) is 0.321. The van der Waals surface area contributed by atoms with E-state index in [1.165, 1.54) is 12.1 Å². The van der Waals surface area contributed by atoms with Gasteiger partial charge in [0.25, 0.3) is 0 Å². The van der Waals surface area contributed by atoms with E-state index < -0.39 is 16.1 Å². The van der Waals surface area contributed by atoms with Gasteiger partial charge in [-0.2, -0.15) is 0 Å². The summed E-state index contributed by atoms with van der Waals surface area (Å²) >= 11 is 6.68. The van der Waals surface area contributed by atoms with Crippen molar-refractivity contribution in [3.63, 3.8) is 0 Å². The van der Waals surface area contributed by atoms with Crippen LogP contribution in [0.1, 0.15) is 25.7 Å². The third-order valence-corrected chi connectivity index (χ3v) is 8.14. The van der Waals surface area contributed by atoms with Gasteiger partial charge >= 0.3 is 6.01 Å². The molecule has 31 heavy (non-hydrogen) atoms. The second-order valence-electron chi connectivity index (χ2n) is 6.83. The average molecular weight is 569 g/mol. The Bertz CT molecular complexity index is 1350. The fourth-order valence-corrected chi connectivity index (χ4v) is 5.19. The minimum absolute atomic E-state index is 0.146. The number of nitrogens with one attached hydrogen (secondary N) is 2. The Morgan fingerprint density at radius 1 is 1.13 bits per heavy atom. The summed E-state index contributed by atoms with van der Waals surface area (Å²) in [5, 5.41) is 9.39. The van der Waals surface area contributed by atoms with Crippen LogP contribution in [0.5, 0.6) is 11.8 Å². The van der Waals surface area contributed by atoms with Gasteiger partial charge in [-0.3, -0.25) is 4.57 Å². The molecule has 1 atom stereocenters. The summed E-state index contributed by atoms with van der Waals surface area (Å²) in [6.07, 6.45) is 1.86. The predicted molar refractivity (Wildman–Crippen MR) is 125 cm³/mol. The van der Waals surface area contributed by atoms with Crippen LogP contribution in [-0.2, 0) is 16.6 Å². The van der Waals surface area contributed by atoms with Crippen molar-refractivity contribution in [3.05, 3.63) is 63.4 Å². The van der Waals surface area contributed by atoms with Gasteiger partial charge in [0.2, 0.25) is 10.0 Å². The Kier molecular flexibility index (Phi) is 6.20. The maximum absolute atomic E-state index is 12.8. The molecule has 2 heterocycles. The van der Waals surface area contributed by atoms with E-state index in [0.29, 0.717) is 28.6 Å². The molecule has 2 N–H and O–H groups in total. The van der Waals surface area contributed by atoms with E-state index in [0.717, 1.165) is 15.4 Å². The second kappa shape index (κ2) is 8.73. The fourth-order valence-electron chi connectivity index (χ4n) is 3.19. The number of nitrogens with zero attached hydrogens (tertiary/aromatic N) is 3. The number of ether oxygens (including phenoxy) is 1. The molecule has 0 radical (unpaired) electrons. The van der Waals surface area contributed by atoms with Gasteiger partial charge in [0.05, 0.1) is 10.9 Å². The molecule has 2 aromatic carbocycles. The van der Waals surface area contributed by atoms with Crippen LogP contribution in [0.25, 0.3) is 10.9 Å². The lowest BCUT2D eigenvalue weighted by Crippen LogP contribution is -2.29. The minimum Gasteiger partial charge on any atom is -0.424 e. The molecule has 0 unspecified atom stereocenters. The predicted octanol–water partition coefficient (Wildman–Crippen LogP) is 5.14. The summed E-state index contributed by atoms with van der Waals surface area (Å²) < 4.78 is 37.4. The summed E-state index contributed by atoms with van der Waals surface area (Å²) in [6.45, 7) is 4.15. The van der Waals surface area contributed by atoms with Crippen LogP contribution in [-0.4, -0.2) is 28.2 Å². The first-order valence-electron chi connectivity index (χ1n) is 9.44. The van der Waals surface area contributed by atoms with Crippen molar-refractivity contribution in [1.82, 2.24) is 24.5 Å². The molecule has 4 aromatic rings. The summed E-state index contributed by atoms with van der Waals surface area (Å²) in [7, 11) is -3.77. The Morgan fingerprint density at radius 2 is 1.94 bits per heavy atom. The molecule has 4 rings (SSSR count). The zero-order valence-corrected chi connectivity index (χ0v) is 20.6. The van der Waals surface area contributed by atoms with Crippen molar-refractivity contribution in [2.45, 2.75) is 31.3 Å². The molecule has 0 fully saturated rings. The average Bonchev–Trinajstić information content (AvgIpc) is 3.35. The van der Waals surface area contributed by atoms with Crippen LogP contribution in [0.2, 0.25) is 0 Å². The van der Waals surface area contributed by atoms with Gasteiger partial charge in [-0.25, -0.2) is 13.1 Å². The van der Waals surface area contributed by atoms with Crippen LogP contribution in [0.15, 0.2) is 62.5 Å². The number of H-pyrrole nitrogens is 1. The summed E-state index contributed by atoms with van der Waals surface area (Å²) in [6, 6.07) is 12.1. The highest BCUT2D eigenvalue weighted by Gasteiger charge is 2.24. The second-order valence-corrected chi connectivity index (χ2v) is 10.3. The largest absolute Gasteiger partial charge is 0.424 e. The first-order chi connectivity index (χ1) is 14.8. The maximum atomic E-state index is 12.8. The van der Waals surface area contributed by atoms with Crippen LogP contribution in [0.3, 0.4) is 0 Å². The van der Waals surface area contributed by atoms with E-state index >= 15 is 0 Å². The molecule has 162 valence electrons. The van der Waals surface area contributed by atoms with E-state index in [1.807, 2.05) is 37.4 Å². The number of aromatic amines is 1. The maximum Gasteiger partial charge on any atom is 0.322 e. The van der Waals surface area contributed by atoms with E-state index in [9.17, 15) is 8.42 Å². The first-order valence-corrected chi connectivity index (χ1v) is 12.5. The Morgan fingerprint density at radius 3 is 2.68 bits per heavy atom. The topological polar surface area (TPSA) is 102 Å². The van der Waals surface area contributed by atoms with Crippen molar-refractivity contribution in [2.75, 3.05) is 0 Å². The lowest BCUT2D eigenvalue weighted by molar-refractivity contribution is 0.408. The van der Waals surface area contributed by atoms with Crippen LogP contribution >= 0.6 is 31.9 Å². The molecule has 0 bridgehead atoms. The molecule has 0 saturated carbocycles. The number of hydrogen-bond acceptors (Lipinski definition) is 5. The standard InChI is InChI=1S/C20H19Br2N5O3S/c1-3-27-19(12(2)26-31(28,29)15-6-7-16(21)17(22)11-15)24-25-20(27)30-14-5-4-13-8-9-23-18(13)10-14/h4-12,23,26H,3H2,1-2H3/t12-/m1/s1. The third kappa shape index (κ3) is 4.54. The number of halogens is 2. The molecule has 0 aliphatic rings. The minimum atomic E-state index is -3.77. The van der Waals surface area contributed by atoms with E-state index in [1.54, 1.807) is 17.6 Å². The van der Waals surface area contributed by atoms with Gasteiger partial charge in [0.15, 0.2) is 5.82 Å².